The summed E-state index contributed by atoms with van der Waals surface area (Å²) in [4.78, 5) is 26.6. The first-order valence-corrected chi connectivity index (χ1v) is 12.2. The third-order valence-corrected chi connectivity index (χ3v) is 6.32. The van der Waals surface area contributed by atoms with E-state index in [0.29, 0.717) is 0 Å². The van der Waals surface area contributed by atoms with E-state index in [2.05, 4.69) is 0 Å². The van der Waals surface area contributed by atoms with Gasteiger partial charge in [-0.05, 0) is 24.3 Å². The fraction of sp³-hybridized carbons (Fsp3) is 0.481. The predicted molar refractivity (Wildman–Crippen MR) is 139 cm³/mol. The standard InChI is InChI=1S/C27H34O14/c1-32-15-8-13(9-16(33-2)21(15)36-5)25(30)40-23-20(29)19(12-28)39-27(38-7)24(23)41-26(31)14-10-17(34-3)22(37-6)18(11-14)35-4/h8-11,19-20,23-24,27-29H,12H2,1-7H3/t19-,20-,23+,24-,27+/m1/s1. The SMILES string of the molecule is COc1cc(C(=O)O[C@H]2[C@@H](OC)O[C@H](CO)[C@@H](O)[C@@H]2OC(=O)c2cc(OC)c(OC)c(OC)c2)cc(OC)c1OC. The van der Waals surface area contributed by atoms with E-state index in [0.717, 1.165) is 0 Å². The van der Waals surface area contributed by atoms with E-state index in [4.69, 9.17) is 47.4 Å². The third kappa shape index (κ3) is 6.51. The Bertz CT molecular complexity index is 1160. The quantitative estimate of drug-likeness (QED) is 0.343. The van der Waals surface area contributed by atoms with Gasteiger partial charge < -0.3 is 57.6 Å². The molecule has 2 N–H and O–H groups in total. The van der Waals surface area contributed by atoms with Crippen molar-refractivity contribution in [1.82, 2.24) is 0 Å². The minimum absolute atomic E-state index is 0.0113. The van der Waals surface area contributed by atoms with Gasteiger partial charge in [0, 0.05) is 7.11 Å². The zero-order chi connectivity index (χ0) is 30.3. The summed E-state index contributed by atoms with van der Waals surface area (Å²) in [5, 5.41) is 20.7. The molecule has 226 valence electrons. The highest BCUT2D eigenvalue weighted by Crippen LogP contribution is 2.40. The molecule has 1 saturated heterocycles. The van der Waals surface area contributed by atoms with Crippen molar-refractivity contribution in [3.63, 3.8) is 0 Å². The first-order chi connectivity index (χ1) is 19.7. The molecule has 14 nitrogen and oxygen atoms in total. The number of rotatable bonds is 12. The molecule has 0 unspecified atom stereocenters. The Labute approximate surface area is 236 Å². The summed E-state index contributed by atoms with van der Waals surface area (Å²) in [5.41, 5.74) is -0.0368. The van der Waals surface area contributed by atoms with Gasteiger partial charge in [0.15, 0.2) is 41.5 Å². The Hall–Kier alpha value is -3.98. The van der Waals surface area contributed by atoms with Crippen LogP contribution in [-0.2, 0) is 18.9 Å². The highest BCUT2D eigenvalue weighted by molar-refractivity contribution is 5.92. The average molecular weight is 583 g/mol. The summed E-state index contributed by atoms with van der Waals surface area (Å²) in [7, 11) is 9.59. The average Bonchev–Trinajstić information content (AvgIpc) is 3.00. The summed E-state index contributed by atoms with van der Waals surface area (Å²) in [6, 6.07) is 5.42. The van der Waals surface area contributed by atoms with Crippen molar-refractivity contribution in [2.45, 2.75) is 30.7 Å². The number of carbonyl (C=O) groups is 2. The number of esters is 2. The van der Waals surface area contributed by atoms with Gasteiger partial charge in [0.1, 0.15) is 12.2 Å². The Balaban J connectivity index is 1.98. The highest BCUT2D eigenvalue weighted by Gasteiger charge is 2.50. The number of methoxy groups -OCH3 is 7. The van der Waals surface area contributed by atoms with Gasteiger partial charge in [-0.2, -0.15) is 0 Å². The topological polar surface area (TPSA) is 167 Å². The lowest BCUT2D eigenvalue weighted by Crippen LogP contribution is -2.61. The van der Waals surface area contributed by atoms with Crippen LogP contribution in [0.3, 0.4) is 0 Å². The summed E-state index contributed by atoms with van der Waals surface area (Å²) >= 11 is 0. The van der Waals surface area contributed by atoms with Gasteiger partial charge in [-0.1, -0.05) is 0 Å². The predicted octanol–water partition coefficient (Wildman–Crippen LogP) is 1.21. The number of benzene rings is 2. The molecule has 0 aliphatic carbocycles. The van der Waals surface area contributed by atoms with Gasteiger partial charge in [0.2, 0.25) is 11.5 Å². The van der Waals surface area contributed by atoms with Crippen molar-refractivity contribution < 1.29 is 67.2 Å². The summed E-state index contributed by atoms with van der Waals surface area (Å²) in [6.07, 6.45) is -7.19. The molecule has 14 heteroatoms. The molecule has 41 heavy (non-hydrogen) atoms. The van der Waals surface area contributed by atoms with E-state index in [9.17, 15) is 19.8 Å². The van der Waals surface area contributed by atoms with Crippen molar-refractivity contribution >= 4 is 11.9 Å². The van der Waals surface area contributed by atoms with Crippen molar-refractivity contribution in [3.8, 4) is 34.5 Å². The smallest absolute Gasteiger partial charge is 0.339 e. The summed E-state index contributed by atoms with van der Waals surface area (Å²) in [5.74, 6) is -0.617. The maximum atomic E-state index is 13.3. The zero-order valence-corrected chi connectivity index (χ0v) is 23.7. The molecule has 3 rings (SSSR count). The molecule has 0 bridgehead atoms. The minimum atomic E-state index is -1.62. The number of hydrogen-bond acceptors (Lipinski definition) is 14. The Morgan fingerprint density at radius 1 is 0.683 bits per heavy atom. The molecule has 1 heterocycles. The molecule has 2 aromatic rings. The van der Waals surface area contributed by atoms with E-state index in [1.54, 1.807) is 0 Å². The van der Waals surface area contributed by atoms with Crippen LogP contribution in [0.15, 0.2) is 24.3 Å². The van der Waals surface area contributed by atoms with E-state index >= 15 is 0 Å². The minimum Gasteiger partial charge on any atom is -0.493 e. The zero-order valence-electron chi connectivity index (χ0n) is 23.7. The largest absolute Gasteiger partial charge is 0.493 e. The second-order valence-corrected chi connectivity index (χ2v) is 8.52. The van der Waals surface area contributed by atoms with Gasteiger partial charge in [0.05, 0.1) is 60.4 Å². The molecule has 5 atom stereocenters. The molecule has 0 radical (unpaired) electrons. The molecule has 2 aromatic carbocycles. The van der Waals surface area contributed by atoms with Crippen LogP contribution in [-0.4, -0.2) is 109 Å². The summed E-state index contributed by atoms with van der Waals surface area (Å²) in [6.45, 7) is -0.646. The van der Waals surface area contributed by atoms with Gasteiger partial charge in [-0.3, -0.25) is 0 Å². The van der Waals surface area contributed by atoms with Crippen molar-refractivity contribution in [1.29, 1.82) is 0 Å². The van der Waals surface area contributed by atoms with E-state index in [-0.39, 0.29) is 45.6 Å². The van der Waals surface area contributed by atoms with Crippen molar-refractivity contribution in [2.24, 2.45) is 0 Å². The van der Waals surface area contributed by atoms with E-state index < -0.39 is 49.3 Å². The van der Waals surface area contributed by atoms with Crippen molar-refractivity contribution in [3.05, 3.63) is 35.4 Å². The molecule has 0 amide bonds. The molecule has 1 fully saturated rings. The van der Waals surface area contributed by atoms with Crippen LogP contribution in [0.1, 0.15) is 20.7 Å². The molecule has 1 aliphatic rings. The molecular formula is C27H34O14. The molecule has 0 spiro atoms. The normalized spacial score (nSPS) is 21.8. The van der Waals surface area contributed by atoms with Crippen LogP contribution in [0.2, 0.25) is 0 Å². The molecular weight excluding hydrogens is 548 g/mol. The lowest BCUT2D eigenvalue weighted by molar-refractivity contribution is -0.292. The Morgan fingerprint density at radius 3 is 1.39 bits per heavy atom. The number of aliphatic hydroxyl groups is 2. The Morgan fingerprint density at radius 2 is 1.07 bits per heavy atom. The molecule has 0 saturated carbocycles. The summed E-state index contributed by atoms with van der Waals surface area (Å²) < 4.78 is 54.0. The lowest BCUT2D eigenvalue weighted by Gasteiger charge is -2.42. The molecule has 0 aromatic heterocycles. The van der Waals surface area contributed by atoms with Gasteiger partial charge in [-0.15, -0.1) is 0 Å². The number of carbonyl (C=O) groups excluding carboxylic acids is 2. The lowest BCUT2D eigenvalue weighted by atomic mass is 9.98. The second kappa shape index (κ2) is 14.1. The first-order valence-electron chi connectivity index (χ1n) is 12.2. The Kier molecular flexibility index (Phi) is 10.8. The fourth-order valence-corrected chi connectivity index (χ4v) is 4.27. The van der Waals surface area contributed by atoms with Crippen LogP contribution in [0.5, 0.6) is 34.5 Å². The monoisotopic (exact) mass is 582 g/mol. The van der Waals surface area contributed by atoms with Crippen LogP contribution < -0.4 is 28.4 Å². The van der Waals surface area contributed by atoms with Crippen molar-refractivity contribution in [2.75, 3.05) is 56.4 Å². The van der Waals surface area contributed by atoms with Gasteiger partial charge in [-0.25, -0.2) is 9.59 Å². The maximum absolute atomic E-state index is 13.3. The number of hydrogen-bond donors (Lipinski definition) is 2. The number of ether oxygens (including phenoxy) is 10. The fourth-order valence-electron chi connectivity index (χ4n) is 4.27. The highest BCUT2D eigenvalue weighted by atomic mass is 16.7. The third-order valence-electron chi connectivity index (χ3n) is 6.32. The van der Waals surface area contributed by atoms with E-state index in [1.807, 2.05) is 0 Å². The van der Waals surface area contributed by atoms with Gasteiger partial charge in [0.25, 0.3) is 0 Å². The second-order valence-electron chi connectivity index (χ2n) is 8.52. The first kappa shape index (κ1) is 31.5. The molecule has 1 aliphatic heterocycles. The van der Waals surface area contributed by atoms with Crippen LogP contribution in [0, 0.1) is 0 Å². The van der Waals surface area contributed by atoms with Crippen LogP contribution in [0.4, 0.5) is 0 Å². The van der Waals surface area contributed by atoms with Gasteiger partial charge >= 0.3 is 11.9 Å². The number of aliphatic hydroxyl groups excluding tert-OH is 2. The van der Waals surface area contributed by atoms with E-state index in [1.165, 1.54) is 74.0 Å². The maximum Gasteiger partial charge on any atom is 0.339 e. The van der Waals surface area contributed by atoms with Crippen LogP contribution >= 0.6 is 0 Å². The van der Waals surface area contributed by atoms with Crippen LogP contribution in [0.25, 0.3) is 0 Å².